The Hall–Kier alpha value is -0.720. The fourth-order valence-corrected chi connectivity index (χ4v) is 0. The third-order valence-electron chi connectivity index (χ3n) is 0. The van der Waals surface area contributed by atoms with Crippen molar-refractivity contribution in [3.8, 4) is 6.07 Å². The molecule has 0 aromatic rings. The third kappa shape index (κ3) is 32.9. The number of hydrogen-bond acceptors (Lipinski definition) is 1. The zero-order valence-corrected chi connectivity index (χ0v) is 3.17. The van der Waals surface area contributed by atoms with Gasteiger partial charge in [-0.1, -0.05) is 0 Å². The Labute approximate surface area is 33.7 Å². The number of nitriles is 1. The van der Waals surface area contributed by atoms with E-state index in [1.165, 1.54) is 6.92 Å². The summed E-state index contributed by atoms with van der Waals surface area (Å²) in [6.07, 6.45) is 0. The first-order chi connectivity index (χ1) is 1.41. The molecule has 0 radical (unpaired) electrons. The van der Waals surface area contributed by atoms with Crippen LogP contribution in [0.4, 0.5) is 14.1 Å². The normalized spacial score (nSPS) is 1.33. The Morgan fingerprint density at radius 3 is 1.17 bits per heavy atom. The highest BCUT2D eigenvalue weighted by atomic mass is 19.0. The SMILES string of the molecule is CC#N.F.F.F. The fraction of sp³-hybridized carbons (Fsp3) is 0.500. The van der Waals surface area contributed by atoms with Crippen LogP contribution in [-0.2, 0) is 0 Å². The minimum Gasteiger partial charge on any atom is -0.269 e. The molecule has 0 N–H and O–H groups in total. The van der Waals surface area contributed by atoms with Crippen molar-refractivity contribution in [3.63, 3.8) is 0 Å². The minimum absolute atomic E-state index is 0. The Balaban J connectivity index is -0.00000000667. The van der Waals surface area contributed by atoms with Crippen molar-refractivity contribution in [1.29, 1.82) is 5.26 Å². The van der Waals surface area contributed by atoms with Crippen molar-refractivity contribution in [3.05, 3.63) is 0 Å². The number of halogens is 3. The highest BCUT2D eigenvalue weighted by molar-refractivity contribution is 4.51. The van der Waals surface area contributed by atoms with E-state index in [1.807, 2.05) is 0 Å². The lowest BCUT2D eigenvalue weighted by Gasteiger charge is -1.15. The summed E-state index contributed by atoms with van der Waals surface area (Å²) in [7, 11) is 0. The molecular weight excluding hydrogens is 95.0 g/mol. The smallest absolute Gasteiger partial charge is 0.0587 e. The van der Waals surface area contributed by atoms with Gasteiger partial charge in [-0.2, -0.15) is 5.26 Å². The van der Waals surface area contributed by atoms with Crippen LogP contribution in [-0.4, -0.2) is 0 Å². The summed E-state index contributed by atoms with van der Waals surface area (Å²) in [6.45, 7) is 1.43. The molecule has 0 aromatic carbocycles. The van der Waals surface area contributed by atoms with Crippen LogP contribution in [0.15, 0.2) is 0 Å². The van der Waals surface area contributed by atoms with Crippen molar-refractivity contribution in [2.75, 3.05) is 0 Å². The number of nitrogens with zero attached hydrogens (tertiary/aromatic N) is 1. The molecule has 0 saturated heterocycles. The molecule has 0 saturated carbocycles. The summed E-state index contributed by atoms with van der Waals surface area (Å²) in [5.41, 5.74) is 0. The van der Waals surface area contributed by atoms with Crippen LogP contribution >= 0.6 is 0 Å². The number of hydrogen-bond donors (Lipinski definition) is 0. The first-order valence-corrected chi connectivity index (χ1v) is 0.724. The quantitative estimate of drug-likeness (QED) is 0.446. The van der Waals surface area contributed by atoms with E-state index in [0.29, 0.717) is 0 Å². The van der Waals surface area contributed by atoms with Crippen molar-refractivity contribution in [2.24, 2.45) is 0 Å². The van der Waals surface area contributed by atoms with Gasteiger partial charge in [0.05, 0.1) is 6.07 Å². The second kappa shape index (κ2) is 587. The summed E-state index contributed by atoms with van der Waals surface area (Å²) in [5.74, 6) is 0. The van der Waals surface area contributed by atoms with Crippen LogP contribution in [0.1, 0.15) is 6.92 Å². The molecule has 0 aliphatic heterocycles. The summed E-state index contributed by atoms with van der Waals surface area (Å²) in [4.78, 5) is 0. The van der Waals surface area contributed by atoms with Crippen LogP contribution in [0, 0.1) is 11.3 Å². The molecule has 0 spiro atoms. The zero-order valence-electron chi connectivity index (χ0n) is 3.17. The van der Waals surface area contributed by atoms with E-state index in [-0.39, 0.29) is 14.1 Å². The molecular formula is C2H6F3N. The molecule has 0 unspecified atom stereocenters. The Morgan fingerprint density at radius 1 is 1.17 bits per heavy atom. The van der Waals surface area contributed by atoms with Crippen molar-refractivity contribution in [2.45, 2.75) is 6.92 Å². The molecule has 0 heterocycles. The summed E-state index contributed by atoms with van der Waals surface area (Å²) in [6, 6.07) is 1.75. The summed E-state index contributed by atoms with van der Waals surface area (Å²) in [5, 5.41) is 7.32. The monoisotopic (exact) mass is 101 g/mol. The highest BCUT2D eigenvalue weighted by Gasteiger charge is 1.17. The molecule has 0 bridgehead atoms. The maximum Gasteiger partial charge on any atom is 0.0587 e. The van der Waals surface area contributed by atoms with Crippen LogP contribution in [0.25, 0.3) is 0 Å². The molecule has 0 amide bonds. The average molecular weight is 101 g/mol. The van der Waals surface area contributed by atoms with E-state index >= 15 is 0 Å². The van der Waals surface area contributed by atoms with Crippen LogP contribution in [0.5, 0.6) is 0 Å². The predicted octanol–water partition coefficient (Wildman–Crippen LogP) is 0.987. The van der Waals surface area contributed by atoms with Gasteiger partial charge in [0.25, 0.3) is 0 Å². The van der Waals surface area contributed by atoms with Crippen LogP contribution < -0.4 is 0 Å². The molecule has 0 atom stereocenters. The van der Waals surface area contributed by atoms with Gasteiger partial charge in [0.1, 0.15) is 0 Å². The third-order valence-corrected chi connectivity index (χ3v) is 0. The molecule has 4 heteroatoms. The predicted molar refractivity (Wildman–Crippen MR) is 18.8 cm³/mol. The Kier molecular flexibility index (Phi) is 5780. The summed E-state index contributed by atoms with van der Waals surface area (Å²) < 4.78 is 0. The lowest BCUT2D eigenvalue weighted by molar-refractivity contribution is 1.11. The van der Waals surface area contributed by atoms with E-state index in [1.54, 1.807) is 6.07 Å². The second-order valence-electron chi connectivity index (χ2n) is 0.224. The first-order valence-electron chi connectivity index (χ1n) is 0.724. The van der Waals surface area contributed by atoms with E-state index in [9.17, 15) is 0 Å². The van der Waals surface area contributed by atoms with Gasteiger partial charge >= 0.3 is 0 Å². The van der Waals surface area contributed by atoms with Gasteiger partial charge in [-0.05, 0) is 0 Å². The molecule has 6 heavy (non-hydrogen) atoms. The van der Waals surface area contributed by atoms with Crippen molar-refractivity contribution < 1.29 is 14.1 Å². The molecule has 0 rings (SSSR count). The molecule has 0 aliphatic rings. The molecule has 0 fully saturated rings. The van der Waals surface area contributed by atoms with E-state index < -0.39 is 0 Å². The highest BCUT2D eigenvalue weighted by Crippen LogP contribution is 1.21. The lowest BCUT2D eigenvalue weighted by Crippen LogP contribution is -1.10. The van der Waals surface area contributed by atoms with Gasteiger partial charge in [-0.3, -0.25) is 14.1 Å². The maximum atomic E-state index is 7.32. The fourth-order valence-electron chi connectivity index (χ4n) is 0. The van der Waals surface area contributed by atoms with E-state index in [2.05, 4.69) is 0 Å². The largest absolute Gasteiger partial charge is 0.269 e. The van der Waals surface area contributed by atoms with Gasteiger partial charge in [0, 0.05) is 6.92 Å². The van der Waals surface area contributed by atoms with Gasteiger partial charge in [-0.25, -0.2) is 0 Å². The molecule has 0 aromatic heterocycles. The molecule has 0 aliphatic carbocycles. The number of rotatable bonds is 0. The van der Waals surface area contributed by atoms with E-state index in [0.717, 1.165) is 0 Å². The van der Waals surface area contributed by atoms with Gasteiger partial charge in [0.2, 0.25) is 0 Å². The minimum atomic E-state index is 0. The molecule has 1 nitrogen and oxygen atoms in total. The van der Waals surface area contributed by atoms with Crippen molar-refractivity contribution in [1.82, 2.24) is 0 Å². The van der Waals surface area contributed by atoms with Gasteiger partial charge in [0.15, 0.2) is 0 Å². The average Bonchev–Trinajstić information content (AvgIpc) is 0.918. The Morgan fingerprint density at radius 2 is 1.17 bits per heavy atom. The first kappa shape index (κ1) is 59.0. The Bertz CT molecular complexity index is 30.3. The maximum absolute atomic E-state index is 7.32. The van der Waals surface area contributed by atoms with Crippen LogP contribution in [0.3, 0.4) is 0 Å². The van der Waals surface area contributed by atoms with Gasteiger partial charge in [-0.15, -0.1) is 0 Å². The van der Waals surface area contributed by atoms with Gasteiger partial charge < -0.3 is 0 Å². The second-order valence-corrected chi connectivity index (χ2v) is 0.224. The topological polar surface area (TPSA) is 23.8 Å². The van der Waals surface area contributed by atoms with Crippen LogP contribution in [0.2, 0.25) is 0 Å². The van der Waals surface area contributed by atoms with E-state index in [4.69, 9.17) is 5.26 Å². The summed E-state index contributed by atoms with van der Waals surface area (Å²) >= 11 is 0. The van der Waals surface area contributed by atoms with Crippen molar-refractivity contribution >= 4 is 0 Å². The lowest BCUT2D eigenvalue weighted by atomic mass is 11.0. The zero-order chi connectivity index (χ0) is 2.71. The standard InChI is InChI=1S/C2H3N.3FH/c1-2-3;;;/h1H3;3*1H. The molecule has 40 valence electrons.